The van der Waals surface area contributed by atoms with Crippen LogP contribution in [0.4, 0.5) is 0 Å². The summed E-state index contributed by atoms with van der Waals surface area (Å²) in [6.07, 6.45) is 2.97. The fourth-order valence-corrected chi connectivity index (χ4v) is 2.73. The lowest BCUT2D eigenvalue weighted by Crippen LogP contribution is -2.15. The first-order chi connectivity index (χ1) is 8.57. The number of aromatic nitrogens is 2. The van der Waals surface area contributed by atoms with E-state index >= 15 is 0 Å². The standard InChI is InChI=1S/C12H9N2O3P/c15-18(16,17)10-5-7-14-12-9(10)4-3-8-2-1-6-13-11(8)12/h1-7H,(H2,15,16,17)/p-1. The zero-order valence-corrected chi connectivity index (χ0v) is 10.0. The van der Waals surface area contributed by atoms with Crippen LogP contribution in [-0.4, -0.2) is 14.9 Å². The van der Waals surface area contributed by atoms with Gasteiger partial charge in [0.1, 0.15) is 0 Å². The summed E-state index contributed by atoms with van der Waals surface area (Å²) < 4.78 is 11.3. The van der Waals surface area contributed by atoms with E-state index in [0.29, 0.717) is 16.4 Å². The van der Waals surface area contributed by atoms with Crippen molar-refractivity contribution >= 4 is 34.7 Å². The first kappa shape index (κ1) is 11.3. The molecule has 1 N–H and O–H groups in total. The second-order valence-corrected chi connectivity index (χ2v) is 5.41. The third kappa shape index (κ3) is 1.69. The maximum atomic E-state index is 11.3. The number of hydrogen-bond donors (Lipinski definition) is 1. The molecule has 0 aliphatic carbocycles. The fraction of sp³-hybridized carbons (Fsp3) is 0. The Morgan fingerprint density at radius 1 is 1.06 bits per heavy atom. The summed E-state index contributed by atoms with van der Waals surface area (Å²) in [6, 6.07) is 8.33. The lowest BCUT2D eigenvalue weighted by molar-refractivity contribution is -0.188. The quantitative estimate of drug-likeness (QED) is 0.519. The molecule has 2 heterocycles. The first-order valence-corrected chi connectivity index (χ1v) is 6.82. The Hall–Kier alpha value is -1.81. The van der Waals surface area contributed by atoms with E-state index in [0.717, 1.165) is 5.39 Å². The van der Waals surface area contributed by atoms with Crippen LogP contribution in [0, 0.1) is 0 Å². The van der Waals surface area contributed by atoms with Crippen molar-refractivity contribution in [2.24, 2.45) is 0 Å². The molecule has 1 aromatic carbocycles. The van der Waals surface area contributed by atoms with Crippen molar-refractivity contribution in [2.45, 2.75) is 0 Å². The number of benzene rings is 1. The number of fused-ring (bicyclic) bond motifs is 3. The van der Waals surface area contributed by atoms with Gasteiger partial charge in [0.25, 0.3) is 0 Å². The summed E-state index contributed by atoms with van der Waals surface area (Å²) in [4.78, 5) is 28.9. The molecule has 90 valence electrons. The van der Waals surface area contributed by atoms with E-state index in [1.54, 1.807) is 24.4 Å². The minimum Gasteiger partial charge on any atom is -0.775 e. The van der Waals surface area contributed by atoms with Crippen LogP contribution in [0.25, 0.3) is 21.8 Å². The Morgan fingerprint density at radius 2 is 1.83 bits per heavy atom. The van der Waals surface area contributed by atoms with E-state index < -0.39 is 7.60 Å². The van der Waals surface area contributed by atoms with Gasteiger partial charge < -0.3 is 14.4 Å². The van der Waals surface area contributed by atoms with Crippen LogP contribution < -0.4 is 10.2 Å². The smallest absolute Gasteiger partial charge is 0.163 e. The third-order valence-corrected chi connectivity index (χ3v) is 3.76. The van der Waals surface area contributed by atoms with Gasteiger partial charge in [-0.05, 0) is 12.1 Å². The van der Waals surface area contributed by atoms with Crippen LogP contribution in [-0.2, 0) is 4.57 Å². The summed E-state index contributed by atoms with van der Waals surface area (Å²) in [6.45, 7) is 0. The van der Waals surface area contributed by atoms with E-state index in [1.807, 2.05) is 6.07 Å². The molecule has 1 atom stereocenters. The van der Waals surface area contributed by atoms with Gasteiger partial charge in [-0.25, -0.2) is 0 Å². The minimum atomic E-state index is -4.56. The van der Waals surface area contributed by atoms with Gasteiger partial charge in [0, 0.05) is 28.5 Å². The molecule has 0 aliphatic heterocycles. The molecule has 5 nitrogen and oxygen atoms in total. The maximum Gasteiger partial charge on any atom is 0.163 e. The van der Waals surface area contributed by atoms with Crippen LogP contribution in [0.1, 0.15) is 0 Å². The molecule has 3 rings (SSSR count). The summed E-state index contributed by atoms with van der Waals surface area (Å²) in [5.41, 5.74) is 1.08. The van der Waals surface area contributed by atoms with E-state index in [2.05, 4.69) is 9.97 Å². The normalized spacial score (nSPS) is 14.8. The highest BCUT2D eigenvalue weighted by molar-refractivity contribution is 7.59. The molecule has 18 heavy (non-hydrogen) atoms. The van der Waals surface area contributed by atoms with Gasteiger partial charge in [0.2, 0.25) is 0 Å². The predicted molar refractivity (Wildman–Crippen MR) is 66.5 cm³/mol. The van der Waals surface area contributed by atoms with Crippen LogP contribution in [0.5, 0.6) is 0 Å². The summed E-state index contributed by atoms with van der Waals surface area (Å²) in [5, 5.41) is 1.12. The highest BCUT2D eigenvalue weighted by Gasteiger charge is 2.13. The molecule has 0 saturated carbocycles. The average molecular weight is 259 g/mol. The Labute approximate surface area is 102 Å². The largest absolute Gasteiger partial charge is 0.775 e. The molecule has 0 spiro atoms. The number of hydrogen-bond acceptors (Lipinski definition) is 4. The molecule has 3 aromatic rings. The van der Waals surface area contributed by atoms with Gasteiger partial charge in [-0.3, -0.25) is 9.97 Å². The number of pyridine rings is 2. The zero-order valence-electron chi connectivity index (χ0n) is 9.15. The van der Waals surface area contributed by atoms with E-state index in [-0.39, 0.29) is 5.30 Å². The van der Waals surface area contributed by atoms with Gasteiger partial charge >= 0.3 is 0 Å². The van der Waals surface area contributed by atoms with Gasteiger partial charge in [-0.2, -0.15) is 0 Å². The van der Waals surface area contributed by atoms with Crippen molar-refractivity contribution in [1.29, 1.82) is 0 Å². The third-order valence-electron chi connectivity index (χ3n) is 2.76. The average Bonchev–Trinajstić information content (AvgIpc) is 2.36. The van der Waals surface area contributed by atoms with Gasteiger partial charge in [-0.15, -0.1) is 0 Å². The van der Waals surface area contributed by atoms with Crippen molar-refractivity contribution in [3.8, 4) is 0 Å². The van der Waals surface area contributed by atoms with Gasteiger partial charge in [0.15, 0.2) is 7.60 Å². The molecule has 0 amide bonds. The lowest BCUT2D eigenvalue weighted by Gasteiger charge is -2.17. The number of nitrogens with zero attached hydrogens (tertiary/aromatic N) is 2. The topological polar surface area (TPSA) is 86.1 Å². The highest BCUT2D eigenvalue weighted by Crippen LogP contribution is 2.32. The van der Waals surface area contributed by atoms with E-state index in [9.17, 15) is 14.4 Å². The lowest BCUT2D eigenvalue weighted by atomic mass is 10.1. The molecule has 2 aromatic heterocycles. The zero-order chi connectivity index (χ0) is 12.8. The molecule has 0 saturated heterocycles. The molecule has 0 fully saturated rings. The molecule has 0 bridgehead atoms. The van der Waals surface area contributed by atoms with Crippen molar-refractivity contribution in [3.05, 3.63) is 42.7 Å². The summed E-state index contributed by atoms with van der Waals surface area (Å²) in [7, 11) is -4.56. The molecular formula is C12H8N2O3P-. The van der Waals surface area contributed by atoms with E-state index in [4.69, 9.17) is 0 Å². The second-order valence-electron chi connectivity index (χ2n) is 3.89. The van der Waals surface area contributed by atoms with Crippen LogP contribution in [0.2, 0.25) is 0 Å². The van der Waals surface area contributed by atoms with E-state index in [1.165, 1.54) is 12.3 Å². The Balaban J connectivity index is 2.52. The van der Waals surface area contributed by atoms with Crippen molar-refractivity contribution < 1.29 is 14.4 Å². The van der Waals surface area contributed by atoms with Crippen LogP contribution >= 0.6 is 7.60 Å². The predicted octanol–water partition coefficient (Wildman–Crippen LogP) is 0.954. The van der Waals surface area contributed by atoms with Gasteiger partial charge in [-0.1, -0.05) is 18.2 Å². The second kappa shape index (κ2) is 3.85. The van der Waals surface area contributed by atoms with Crippen molar-refractivity contribution in [3.63, 3.8) is 0 Å². The monoisotopic (exact) mass is 259 g/mol. The van der Waals surface area contributed by atoms with Crippen molar-refractivity contribution in [1.82, 2.24) is 9.97 Å². The Bertz CT molecular complexity index is 798. The molecule has 6 heteroatoms. The molecule has 0 aliphatic rings. The summed E-state index contributed by atoms with van der Waals surface area (Å²) in [5.74, 6) is 0. The minimum absolute atomic E-state index is 0.125. The Kier molecular flexibility index (Phi) is 2.41. The van der Waals surface area contributed by atoms with Crippen molar-refractivity contribution in [2.75, 3.05) is 0 Å². The Morgan fingerprint density at radius 3 is 2.61 bits per heavy atom. The fourth-order valence-electron chi connectivity index (χ4n) is 1.99. The highest BCUT2D eigenvalue weighted by atomic mass is 31.2. The van der Waals surface area contributed by atoms with Crippen LogP contribution in [0.3, 0.4) is 0 Å². The SMILES string of the molecule is O=P([O-])(O)c1ccnc2c1ccc1cccnc12. The molecule has 0 radical (unpaired) electrons. The molecular weight excluding hydrogens is 251 g/mol. The maximum absolute atomic E-state index is 11.3. The number of rotatable bonds is 1. The van der Waals surface area contributed by atoms with Gasteiger partial charge in [0.05, 0.1) is 11.0 Å². The first-order valence-electron chi connectivity index (χ1n) is 5.24. The molecule has 1 unspecified atom stereocenters. The van der Waals surface area contributed by atoms with Crippen LogP contribution in [0.15, 0.2) is 42.7 Å². The summed E-state index contributed by atoms with van der Waals surface area (Å²) >= 11 is 0.